The fraction of sp³-hybridized carbons (Fsp3) is 0.562. The Kier molecular flexibility index (Phi) is 3.99. The van der Waals surface area contributed by atoms with Gasteiger partial charge >= 0.3 is 0 Å². The lowest BCUT2D eigenvalue weighted by Crippen LogP contribution is -2.38. The molecule has 2 aliphatic rings. The summed E-state index contributed by atoms with van der Waals surface area (Å²) in [7, 11) is 0. The van der Waals surface area contributed by atoms with Gasteiger partial charge in [-0.05, 0) is 55.8 Å². The van der Waals surface area contributed by atoms with Crippen molar-refractivity contribution in [1.82, 2.24) is 10.6 Å². The van der Waals surface area contributed by atoms with Gasteiger partial charge in [0.05, 0.1) is 6.54 Å². The highest BCUT2D eigenvalue weighted by Crippen LogP contribution is 2.48. The molecule has 0 aliphatic heterocycles. The molecule has 0 aromatic heterocycles. The topological polar surface area (TPSA) is 41.1 Å². The summed E-state index contributed by atoms with van der Waals surface area (Å²) < 4.78 is 0. The number of halogens is 1. The lowest BCUT2D eigenvalue weighted by Gasteiger charge is -2.17. The molecule has 0 heterocycles. The Hall–Kier alpha value is -1.06. The molecule has 3 nitrogen and oxygen atoms in total. The van der Waals surface area contributed by atoms with Crippen LogP contribution in [-0.2, 0) is 10.2 Å². The first kappa shape index (κ1) is 13.9. The first-order valence-electron chi connectivity index (χ1n) is 7.41. The summed E-state index contributed by atoms with van der Waals surface area (Å²) in [6.45, 7) is 2.13. The molecule has 1 amide bonds. The molecule has 0 saturated heterocycles. The van der Waals surface area contributed by atoms with E-state index in [-0.39, 0.29) is 11.3 Å². The Morgan fingerprint density at radius 3 is 2.80 bits per heavy atom. The first-order chi connectivity index (χ1) is 9.68. The number of carbonyl (C=O) groups is 1. The van der Waals surface area contributed by atoms with E-state index in [0.717, 1.165) is 36.9 Å². The van der Waals surface area contributed by atoms with Crippen LogP contribution in [0.5, 0.6) is 0 Å². The molecule has 108 valence electrons. The highest BCUT2D eigenvalue weighted by Gasteiger charge is 2.44. The van der Waals surface area contributed by atoms with Crippen molar-refractivity contribution in [2.75, 3.05) is 19.6 Å². The molecule has 0 atom stereocenters. The van der Waals surface area contributed by atoms with Crippen LogP contribution in [-0.4, -0.2) is 25.5 Å². The Labute approximate surface area is 125 Å². The molecule has 0 unspecified atom stereocenters. The van der Waals surface area contributed by atoms with Crippen LogP contribution in [0.4, 0.5) is 0 Å². The predicted octanol–water partition coefficient (Wildman–Crippen LogP) is 2.49. The molecule has 0 bridgehead atoms. The maximum absolute atomic E-state index is 11.8. The van der Waals surface area contributed by atoms with Crippen LogP contribution in [0.3, 0.4) is 0 Å². The number of nitrogens with one attached hydrogen (secondary N) is 2. The minimum Gasteiger partial charge on any atom is -0.354 e. The van der Waals surface area contributed by atoms with Gasteiger partial charge in [-0.2, -0.15) is 0 Å². The lowest BCUT2D eigenvalue weighted by molar-refractivity contribution is -0.120. The van der Waals surface area contributed by atoms with E-state index in [2.05, 4.69) is 16.7 Å². The van der Waals surface area contributed by atoms with Gasteiger partial charge in [-0.1, -0.05) is 23.7 Å². The first-order valence-corrected chi connectivity index (χ1v) is 7.79. The van der Waals surface area contributed by atoms with Gasteiger partial charge < -0.3 is 10.6 Å². The highest BCUT2D eigenvalue weighted by molar-refractivity contribution is 6.30. The van der Waals surface area contributed by atoms with Gasteiger partial charge in [-0.15, -0.1) is 0 Å². The number of benzene rings is 1. The fourth-order valence-electron chi connectivity index (χ4n) is 2.58. The number of rotatable bonds is 7. The normalized spacial score (nSPS) is 19.6. The molecule has 20 heavy (non-hydrogen) atoms. The number of carbonyl (C=O) groups excluding carboxylic acids is 1. The summed E-state index contributed by atoms with van der Waals surface area (Å²) in [5.41, 5.74) is 1.37. The molecule has 2 N–H and O–H groups in total. The van der Waals surface area contributed by atoms with E-state index in [1.165, 1.54) is 18.4 Å². The Morgan fingerprint density at radius 1 is 1.35 bits per heavy atom. The fourth-order valence-corrected chi connectivity index (χ4v) is 2.77. The quantitative estimate of drug-likeness (QED) is 0.811. The van der Waals surface area contributed by atoms with Crippen LogP contribution in [0.1, 0.15) is 31.2 Å². The standard InChI is InChI=1S/C16H21ClN2O/c17-14-3-1-2-13(8-14)16(6-7-16)11-19-15(20)10-18-9-12-4-5-12/h1-3,8,12,18H,4-7,9-11H2,(H,19,20). The van der Waals surface area contributed by atoms with Crippen LogP contribution in [0.15, 0.2) is 24.3 Å². The Bertz CT molecular complexity index is 495. The summed E-state index contributed by atoms with van der Waals surface area (Å²) in [6, 6.07) is 8.00. The second-order valence-corrected chi connectivity index (χ2v) is 6.58. The molecule has 2 aliphatic carbocycles. The van der Waals surface area contributed by atoms with Crippen molar-refractivity contribution in [1.29, 1.82) is 0 Å². The van der Waals surface area contributed by atoms with Gasteiger partial charge in [0, 0.05) is 17.0 Å². The van der Waals surface area contributed by atoms with Crippen molar-refractivity contribution in [2.24, 2.45) is 5.92 Å². The largest absolute Gasteiger partial charge is 0.354 e. The zero-order chi connectivity index (χ0) is 14.0. The zero-order valence-corrected chi connectivity index (χ0v) is 12.4. The van der Waals surface area contributed by atoms with Crippen LogP contribution >= 0.6 is 11.6 Å². The van der Waals surface area contributed by atoms with Crippen molar-refractivity contribution in [3.8, 4) is 0 Å². The zero-order valence-electron chi connectivity index (χ0n) is 11.6. The molecule has 1 aromatic rings. The van der Waals surface area contributed by atoms with Crippen LogP contribution in [0, 0.1) is 5.92 Å². The second kappa shape index (κ2) is 5.74. The maximum atomic E-state index is 11.8. The van der Waals surface area contributed by atoms with Crippen molar-refractivity contribution in [2.45, 2.75) is 31.1 Å². The summed E-state index contributed by atoms with van der Waals surface area (Å²) in [6.07, 6.45) is 4.88. The smallest absolute Gasteiger partial charge is 0.233 e. The third kappa shape index (κ3) is 3.53. The van der Waals surface area contributed by atoms with Crippen LogP contribution in [0.25, 0.3) is 0 Å². The molecule has 0 spiro atoms. The monoisotopic (exact) mass is 292 g/mol. The Morgan fingerprint density at radius 2 is 2.15 bits per heavy atom. The van der Waals surface area contributed by atoms with Gasteiger partial charge in [-0.3, -0.25) is 4.79 Å². The summed E-state index contributed by atoms with van der Waals surface area (Å²) in [4.78, 5) is 11.8. The SMILES string of the molecule is O=C(CNCC1CC1)NCC1(c2cccc(Cl)c2)CC1. The highest BCUT2D eigenvalue weighted by atomic mass is 35.5. The molecule has 3 rings (SSSR count). The summed E-state index contributed by atoms with van der Waals surface area (Å²) in [5.74, 6) is 0.906. The molecule has 0 radical (unpaired) electrons. The number of amides is 1. The minimum atomic E-state index is 0.0963. The minimum absolute atomic E-state index is 0.0963. The van der Waals surface area contributed by atoms with Crippen molar-refractivity contribution in [3.05, 3.63) is 34.9 Å². The van der Waals surface area contributed by atoms with E-state index in [9.17, 15) is 4.79 Å². The third-order valence-corrected chi connectivity index (χ3v) is 4.57. The van der Waals surface area contributed by atoms with Crippen LogP contribution in [0.2, 0.25) is 5.02 Å². The van der Waals surface area contributed by atoms with Gasteiger partial charge in [0.15, 0.2) is 0 Å². The van der Waals surface area contributed by atoms with Crippen molar-refractivity contribution >= 4 is 17.5 Å². The van der Waals surface area contributed by atoms with Gasteiger partial charge in [0.1, 0.15) is 0 Å². The van der Waals surface area contributed by atoms with Gasteiger partial charge in [0.25, 0.3) is 0 Å². The molecule has 1 aromatic carbocycles. The van der Waals surface area contributed by atoms with Crippen LogP contribution < -0.4 is 10.6 Å². The Balaban J connectivity index is 1.46. The molecule has 4 heteroatoms. The predicted molar refractivity (Wildman–Crippen MR) is 81.0 cm³/mol. The summed E-state index contributed by atoms with van der Waals surface area (Å²) in [5, 5.41) is 7.04. The molecular weight excluding hydrogens is 272 g/mol. The van der Waals surface area contributed by atoms with Gasteiger partial charge in [0.2, 0.25) is 5.91 Å². The molecule has 2 fully saturated rings. The van der Waals surface area contributed by atoms with Crippen molar-refractivity contribution in [3.63, 3.8) is 0 Å². The van der Waals surface area contributed by atoms with E-state index in [1.54, 1.807) is 0 Å². The van der Waals surface area contributed by atoms with E-state index >= 15 is 0 Å². The van der Waals surface area contributed by atoms with E-state index in [1.807, 2.05) is 18.2 Å². The van der Waals surface area contributed by atoms with Crippen molar-refractivity contribution < 1.29 is 4.79 Å². The second-order valence-electron chi connectivity index (χ2n) is 6.14. The summed E-state index contributed by atoms with van der Waals surface area (Å²) >= 11 is 6.05. The van der Waals surface area contributed by atoms with E-state index < -0.39 is 0 Å². The average Bonchev–Trinajstić information content (AvgIpc) is 3.32. The maximum Gasteiger partial charge on any atom is 0.233 e. The third-order valence-electron chi connectivity index (χ3n) is 4.33. The number of hydrogen-bond donors (Lipinski definition) is 2. The lowest BCUT2D eigenvalue weighted by atomic mass is 9.96. The molecule has 2 saturated carbocycles. The van der Waals surface area contributed by atoms with Gasteiger partial charge in [-0.25, -0.2) is 0 Å². The van der Waals surface area contributed by atoms with E-state index in [4.69, 9.17) is 11.6 Å². The van der Waals surface area contributed by atoms with E-state index in [0.29, 0.717) is 6.54 Å². The average molecular weight is 293 g/mol. The molecular formula is C16H21ClN2O. The number of hydrogen-bond acceptors (Lipinski definition) is 2.